The van der Waals surface area contributed by atoms with Gasteiger partial charge in [-0.05, 0) is 24.3 Å². The Morgan fingerprint density at radius 2 is 2.21 bits per heavy atom. The molecule has 0 unspecified atom stereocenters. The van der Waals surface area contributed by atoms with Crippen LogP contribution in [0.15, 0.2) is 41.0 Å². The summed E-state index contributed by atoms with van der Waals surface area (Å²) in [5.74, 6) is -0.550. The number of carboxylic acid groups (broad SMARTS) is 1. The highest BCUT2D eigenvalue weighted by molar-refractivity contribution is 5.90. The predicted molar refractivity (Wildman–Crippen MR) is 66.1 cm³/mol. The molecule has 0 spiro atoms. The first kappa shape index (κ1) is 12.6. The molecule has 0 saturated carbocycles. The van der Waals surface area contributed by atoms with Gasteiger partial charge in [-0.25, -0.2) is 4.79 Å². The van der Waals surface area contributed by atoms with E-state index in [2.05, 4.69) is 5.32 Å². The summed E-state index contributed by atoms with van der Waals surface area (Å²) in [4.78, 5) is 21.1. The molecule has 1 aromatic carbocycles. The van der Waals surface area contributed by atoms with Gasteiger partial charge < -0.3 is 14.8 Å². The topological polar surface area (TPSA) is 106 Å². The van der Waals surface area contributed by atoms with Gasteiger partial charge in [0, 0.05) is 6.07 Å². The van der Waals surface area contributed by atoms with Gasteiger partial charge in [0.15, 0.2) is 0 Å². The maximum Gasteiger partial charge on any atom is 0.335 e. The van der Waals surface area contributed by atoms with Crippen molar-refractivity contribution in [2.75, 3.05) is 5.32 Å². The highest BCUT2D eigenvalue weighted by atomic mass is 16.6. The van der Waals surface area contributed by atoms with Crippen LogP contribution in [0.2, 0.25) is 0 Å². The zero-order valence-electron chi connectivity index (χ0n) is 9.70. The van der Waals surface area contributed by atoms with E-state index in [1.54, 1.807) is 12.1 Å². The number of aromatic carboxylic acids is 1. The van der Waals surface area contributed by atoms with Crippen molar-refractivity contribution in [2.45, 2.75) is 6.54 Å². The van der Waals surface area contributed by atoms with Gasteiger partial charge in [-0.15, -0.1) is 0 Å². The Bertz CT molecular complexity index is 607. The van der Waals surface area contributed by atoms with Gasteiger partial charge in [-0.3, -0.25) is 10.1 Å². The van der Waals surface area contributed by atoms with Crippen LogP contribution in [0.5, 0.6) is 0 Å². The lowest BCUT2D eigenvalue weighted by Crippen LogP contribution is -2.04. The molecule has 2 rings (SSSR count). The Morgan fingerprint density at radius 1 is 1.42 bits per heavy atom. The number of carbonyl (C=O) groups is 1. The van der Waals surface area contributed by atoms with Crippen molar-refractivity contribution >= 4 is 17.3 Å². The Kier molecular flexibility index (Phi) is 3.46. The summed E-state index contributed by atoms with van der Waals surface area (Å²) in [7, 11) is 0. The number of nitro benzene ring substituents is 1. The van der Waals surface area contributed by atoms with E-state index in [1.807, 2.05) is 0 Å². The van der Waals surface area contributed by atoms with Gasteiger partial charge in [-0.2, -0.15) is 0 Å². The van der Waals surface area contributed by atoms with E-state index in [0.717, 1.165) is 6.07 Å². The first-order chi connectivity index (χ1) is 9.08. The maximum atomic E-state index is 10.9. The number of nitrogens with zero attached hydrogens (tertiary/aromatic N) is 1. The van der Waals surface area contributed by atoms with Crippen molar-refractivity contribution in [1.29, 1.82) is 0 Å². The average molecular weight is 262 g/mol. The molecule has 1 aromatic heterocycles. The van der Waals surface area contributed by atoms with Gasteiger partial charge in [0.25, 0.3) is 5.69 Å². The Balaban J connectivity index is 2.27. The number of hydrogen-bond donors (Lipinski definition) is 2. The molecule has 2 N–H and O–H groups in total. The van der Waals surface area contributed by atoms with Crippen molar-refractivity contribution in [1.82, 2.24) is 0 Å². The van der Waals surface area contributed by atoms with Crippen LogP contribution in [0.3, 0.4) is 0 Å². The van der Waals surface area contributed by atoms with E-state index in [1.165, 1.54) is 18.4 Å². The second-order valence-corrected chi connectivity index (χ2v) is 3.73. The normalized spacial score (nSPS) is 10.1. The lowest BCUT2D eigenvalue weighted by Gasteiger charge is -2.06. The van der Waals surface area contributed by atoms with Crippen LogP contribution in [0, 0.1) is 10.1 Å². The van der Waals surface area contributed by atoms with E-state index in [0.29, 0.717) is 5.76 Å². The number of nitrogens with one attached hydrogen (secondary N) is 1. The molecule has 0 radical (unpaired) electrons. The molecule has 98 valence electrons. The number of carboxylic acids is 1. The third-order valence-electron chi connectivity index (χ3n) is 2.47. The van der Waals surface area contributed by atoms with Crippen LogP contribution in [-0.4, -0.2) is 16.0 Å². The second kappa shape index (κ2) is 5.21. The van der Waals surface area contributed by atoms with E-state index >= 15 is 0 Å². The minimum Gasteiger partial charge on any atom is -0.478 e. The van der Waals surface area contributed by atoms with Crippen molar-refractivity contribution in [3.05, 3.63) is 58.0 Å². The van der Waals surface area contributed by atoms with Gasteiger partial charge in [0.05, 0.1) is 23.3 Å². The van der Waals surface area contributed by atoms with E-state index in [9.17, 15) is 14.9 Å². The molecule has 0 fully saturated rings. The van der Waals surface area contributed by atoms with Gasteiger partial charge >= 0.3 is 5.97 Å². The highest BCUT2D eigenvalue weighted by Gasteiger charge is 2.16. The fraction of sp³-hybridized carbons (Fsp3) is 0.0833. The van der Waals surface area contributed by atoms with Crippen LogP contribution in [0.4, 0.5) is 11.4 Å². The number of rotatable bonds is 5. The first-order valence-corrected chi connectivity index (χ1v) is 5.36. The van der Waals surface area contributed by atoms with Crippen LogP contribution >= 0.6 is 0 Å². The number of hydrogen-bond acceptors (Lipinski definition) is 5. The smallest absolute Gasteiger partial charge is 0.335 e. The molecule has 0 bridgehead atoms. The first-order valence-electron chi connectivity index (χ1n) is 5.36. The van der Waals surface area contributed by atoms with Crippen molar-refractivity contribution in [2.24, 2.45) is 0 Å². The van der Waals surface area contributed by atoms with Crippen LogP contribution in [-0.2, 0) is 6.54 Å². The molecule has 7 nitrogen and oxygen atoms in total. The fourth-order valence-corrected chi connectivity index (χ4v) is 1.57. The van der Waals surface area contributed by atoms with E-state index < -0.39 is 10.9 Å². The molecule has 19 heavy (non-hydrogen) atoms. The molecule has 0 aliphatic carbocycles. The second-order valence-electron chi connectivity index (χ2n) is 3.73. The highest BCUT2D eigenvalue weighted by Crippen LogP contribution is 2.26. The summed E-state index contributed by atoms with van der Waals surface area (Å²) in [5, 5.41) is 22.5. The lowest BCUT2D eigenvalue weighted by atomic mass is 10.1. The maximum absolute atomic E-state index is 10.9. The number of nitro groups is 1. The summed E-state index contributed by atoms with van der Waals surface area (Å²) >= 11 is 0. The quantitative estimate of drug-likeness (QED) is 0.633. The molecule has 0 aliphatic rings. The van der Waals surface area contributed by atoms with Crippen molar-refractivity contribution in [3.8, 4) is 0 Å². The zero-order valence-corrected chi connectivity index (χ0v) is 9.70. The fourth-order valence-electron chi connectivity index (χ4n) is 1.57. The molecular weight excluding hydrogens is 252 g/mol. The minimum atomic E-state index is -1.14. The molecular formula is C12H10N2O5. The SMILES string of the molecule is O=C(O)c1ccc([N+](=O)[O-])c(NCc2ccco2)c1. The lowest BCUT2D eigenvalue weighted by molar-refractivity contribution is -0.384. The summed E-state index contributed by atoms with van der Waals surface area (Å²) in [6.45, 7) is 0.233. The van der Waals surface area contributed by atoms with Crippen LogP contribution < -0.4 is 5.32 Å². The largest absolute Gasteiger partial charge is 0.478 e. The molecule has 0 atom stereocenters. The molecule has 0 amide bonds. The van der Waals surface area contributed by atoms with Crippen molar-refractivity contribution in [3.63, 3.8) is 0 Å². The number of benzene rings is 1. The monoisotopic (exact) mass is 262 g/mol. The molecule has 2 aromatic rings. The summed E-state index contributed by atoms with van der Waals surface area (Å²) in [6, 6.07) is 6.98. The van der Waals surface area contributed by atoms with Crippen LogP contribution in [0.1, 0.15) is 16.1 Å². The zero-order chi connectivity index (χ0) is 13.8. The Labute approximate surface area is 107 Å². The average Bonchev–Trinajstić information content (AvgIpc) is 2.88. The van der Waals surface area contributed by atoms with Gasteiger partial charge in [0.2, 0.25) is 0 Å². The van der Waals surface area contributed by atoms with Crippen molar-refractivity contribution < 1.29 is 19.2 Å². The third kappa shape index (κ3) is 2.89. The molecule has 1 heterocycles. The molecule has 0 saturated heterocycles. The van der Waals surface area contributed by atoms with Gasteiger partial charge in [0.1, 0.15) is 11.4 Å². The van der Waals surface area contributed by atoms with E-state index in [4.69, 9.17) is 9.52 Å². The summed E-state index contributed by atoms with van der Waals surface area (Å²) < 4.78 is 5.08. The van der Waals surface area contributed by atoms with Crippen LogP contribution in [0.25, 0.3) is 0 Å². The Morgan fingerprint density at radius 3 is 2.79 bits per heavy atom. The molecule has 7 heteroatoms. The summed E-state index contributed by atoms with van der Waals surface area (Å²) in [6.07, 6.45) is 1.49. The summed E-state index contributed by atoms with van der Waals surface area (Å²) in [5.41, 5.74) is -0.0644. The number of anilines is 1. The standard InChI is InChI=1S/C12H10N2O5/c15-12(16)8-3-4-11(14(17)18)10(6-8)13-7-9-2-1-5-19-9/h1-6,13H,7H2,(H,15,16). The molecule has 0 aliphatic heterocycles. The third-order valence-corrected chi connectivity index (χ3v) is 2.47. The number of furan rings is 1. The van der Waals surface area contributed by atoms with E-state index in [-0.39, 0.29) is 23.5 Å². The van der Waals surface area contributed by atoms with Gasteiger partial charge in [-0.1, -0.05) is 0 Å². The predicted octanol–water partition coefficient (Wildman–Crippen LogP) is 2.50. The minimum absolute atomic E-state index is 0.0208. The Hall–Kier alpha value is -2.83.